The van der Waals surface area contributed by atoms with Crippen molar-refractivity contribution < 1.29 is 87.8 Å². The molecule has 4 aromatic rings. The van der Waals surface area contributed by atoms with E-state index >= 15 is 0 Å². The SMILES string of the molecule is CCCOc1ccc(-c2cc(C(CCCOS(=O)(=O)O)(C(=O)[O-])N3Cc4[nH]c(-c5cccc(F)c5F)nc4C=N3)on2)c(C(F)(F)F)c1.[Na+]. The first-order valence-electron chi connectivity index (χ1n) is 14.1. The number of carboxylic acid groups (broad SMARTS) is 1. The Morgan fingerprint density at radius 2 is 1.90 bits per heavy atom. The monoisotopic (exact) mass is 721 g/mol. The standard InChI is InChI=1S/C29H26F5N5O8S.Na/c1-2-10-45-16-7-8-17(19(12-16)29(32,33)34)21-13-24(47-38-21)28(27(40)41,9-4-11-46-48(42,43)44)39-15-23-22(14-35-39)36-26(37-23)18-5-3-6-20(30)25(18)31;/h3,5-8,12-14H,2,4,9-11,15H2,1H3,(H,36,37)(H,40,41)(H,42,43,44);/q;+1/p-1. The number of aliphatic carboxylic acids is 1. The summed E-state index contributed by atoms with van der Waals surface area (Å²) in [5.74, 6) is -4.95. The summed E-state index contributed by atoms with van der Waals surface area (Å²) in [5, 5.41) is 21.8. The van der Waals surface area contributed by atoms with E-state index in [1.165, 1.54) is 18.2 Å². The second kappa shape index (κ2) is 14.9. The number of H-pyrrole nitrogens is 1. The number of rotatable bonds is 13. The number of benzene rings is 2. The fraction of sp³-hybridized carbons (Fsp3) is 0.310. The van der Waals surface area contributed by atoms with E-state index in [1.54, 1.807) is 6.92 Å². The Balaban J connectivity index is 0.00000541. The number of nitrogens with one attached hydrogen (secondary N) is 1. The predicted octanol–water partition coefficient (Wildman–Crippen LogP) is 1.22. The van der Waals surface area contributed by atoms with Gasteiger partial charge in [0.1, 0.15) is 23.0 Å². The summed E-state index contributed by atoms with van der Waals surface area (Å²) < 4.78 is 117. The van der Waals surface area contributed by atoms with Gasteiger partial charge in [-0.1, -0.05) is 18.1 Å². The topological polar surface area (TPSA) is 183 Å². The third kappa shape index (κ3) is 8.13. The van der Waals surface area contributed by atoms with Crippen molar-refractivity contribution >= 4 is 22.6 Å². The molecular weight excluding hydrogens is 696 g/mol. The first-order chi connectivity index (χ1) is 22.6. The molecule has 256 valence electrons. The van der Waals surface area contributed by atoms with Gasteiger partial charge < -0.3 is 24.1 Å². The van der Waals surface area contributed by atoms with Gasteiger partial charge in [0.15, 0.2) is 22.9 Å². The summed E-state index contributed by atoms with van der Waals surface area (Å²) >= 11 is 0. The van der Waals surface area contributed by atoms with E-state index in [4.69, 9.17) is 13.8 Å². The van der Waals surface area contributed by atoms with Crippen molar-refractivity contribution in [1.29, 1.82) is 0 Å². The first kappa shape index (κ1) is 37.9. The van der Waals surface area contributed by atoms with Crippen molar-refractivity contribution in [1.82, 2.24) is 20.1 Å². The van der Waals surface area contributed by atoms with Gasteiger partial charge in [-0.05, 0) is 49.6 Å². The minimum Gasteiger partial charge on any atom is -0.547 e. The molecule has 0 spiro atoms. The molecule has 0 aliphatic carbocycles. The molecule has 2 aromatic heterocycles. The second-order valence-electron chi connectivity index (χ2n) is 10.5. The van der Waals surface area contributed by atoms with Gasteiger partial charge in [0.05, 0.1) is 48.8 Å². The molecule has 1 aliphatic rings. The summed E-state index contributed by atoms with van der Waals surface area (Å²) in [6.45, 7) is 0.794. The molecule has 49 heavy (non-hydrogen) atoms. The third-order valence-corrected chi connectivity index (χ3v) is 7.77. The number of nitrogens with zero attached hydrogens (tertiary/aromatic N) is 4. The summed E-state index contributed by atoms with van der Waals surface area (Å²) in [5.41, 5.74) is -4.43. The Bertz CT molecular complexity index is 1970. The molecule has 13 nitrogen and oxygen atoms in total. The number of carbonyl (C=O) groups is 1. The molecule has 1 atom stereocenters. The van der Waals surface area contributed by atoms with Crippen LogP contribution in [0.25, 0.3) is 22.6 Å². The van der Waals surface area contributed by atoms with Crippen molar-refractivity contribution in [3.63, 3.8) is 0 Å². The van der Waals surface area contributed by atoms with Crippen LogP contribution in [0.3, 0.4) is 0 Å². The fourth-order valence-corrected chi connectivity index (χ4v) is 5.41. The summed E-state index contributed by atoms with van der Waals surface area (Å²) in [6, 6.07) is 7.49. The Morgan fingerprint density at radius 3 is 2.57 bits per heavy atom. The van der Waals surface area contributed by atoms with Gasteiger partial charge in [-0.15, -0.1) is 0 Å². The Labute approximate surface area is 297 Å². The molecule has 0 amide bonds. The smallest absolute Gasteiger partial charge is 0.547 e. The number of ether oxygens (including phenoxy) is 1. The number of hydrogen-bond donors (Lipinski definition) is 2. The van der Waals surface area contributed by atoms with E-state index < -0.39 is 88.3 Å². The van der Waals surface area contributed by atoms with Gasteiger partial charge in [0.25, 0.3) is 0 Å². The van der Waals surface area contributed by atoms with E-state index in [1.807, 2.05) is 0 Å². The maximum absolute atomic E-state index is 14.5. The van der Waals surface area contributed by atoms with E-state index in [0.29, 0.717) is 6.42 Å². The second-order valence-corrected chi connectivity index (χ2v) is 11.6. The van der Waals surface area contributed by atoms with E-state index in [0.717, 1.165) is 35.5 Å². The number of aromatic nitrogens is 3. The Kier molecular flexibility index (Phi) is 11.6. The number of hydrazone groups is 1. The van der Waals surface area contributed by atoms with Crippen molar-refractivity contribution in [3.05, 3.63) is 76.8 Å². The first-order valence-corrected chi connectivity index (χ1v) is 15.5. The maximum Gasteiger partial charge on any atom is 1.00 e. The van der Waals surface area contributed by atoms with Crippen LogP contribution in [0.15, 0.2) is 52.1 Å². The number of carbonyl (C=O) groups excluding carboxylic acids is 1. The number of fused-ring (bicyclic) bond motifs is 1. The molecule has 1 unspecified atom stereocenters. The van der Waals surface area contributed by atoms with Gasteiger partial charge in [-0.25, -0.2) is 17.9 Å². The number of hydrogen-bond acceptors (Lipinski definition) is 11. The average molecular weight is 722 g/mol. The molecule has 2 aromatic carbocycles. The van der Waals surface area contributed by atoms with Crippen LogP contribution in [0.5, 0.6) is 5.75 Å². The molecule has 0 bridgehead atoms. The van der Waals surface area contributed by atoms with Gasteiger partial charge in [-0.2, -0.15) is 26.7 Å². The predicted molar refractivity (Wildman–Crippen MR) is 153 cm³/mol. The van der Waals surface area contributed by atoms with Crippen LogP contribution >= 0.6 is 0 Å². The molecule has 3 heterocycles. The van der Waals surface area contributed by atoms with Crippen molar-refractivity contribution in [2.45, 2.75) is 44.4 Å². The zero-order chi connectivity index (χ0) is 34.9. The van der Waals surface area contributed by atoms with Crippen LogP contribution in [0.4, 0.5) is 22.0 Å². The zero-order valence-corrected chi connectivity index (χ0v) is 28.6. The van der Waals surface area contributed by atoms with E-state index in [-0.39, 0.29) is 64.7 Å². The van der Waals surface area contributed by atoms with Crippen LogP contribution in [0.1, 0.15) is 48.9 Å². The Morgan fingerprint density at radius 1 is 1.14 bits per heavy atom. The summed E-state index contributed by atoms with van der Waals surface area (Å²) in [6.07, 6.45) is -4.25. The summed E-state index contributed by atoms with van der Waals surface area (Å²) in [7, 11) is -4.91. The van der Waals surface area contributed by atoms with Crippen LogP contribution in [0.2, 0.25) is 0 Å². The third-order valence-electron chi connectivity index (χ3n) is 7.30. The minimum atomic E-state index is -4.91. The van der Waals surface area contributed by atoms with Gasteiger partial charge in [-0.3, -0.25) is 9.56 Å². The van der Waals surface area contributed by atoms with Gasteiger partial charge >= 0.3 is 46.1 Å². The molecular formula is C29H25F5N5NaO8S. The quantitative estimate of drug-likeness (QED) is 0.0877. The van der Waals surface area contributed by atoms with Gasteiger partial charge in [0, 0.05) is 11.6 Å². The number of halogens is 5. The maximum atomic E-state index is 14.5. The molecule has 0 fully saturated rings. The van der Waals surface area contributed by atoms with Crippen LogP contribution in [-0.4, -0.2) is 58.5 Å². The number of alkyl halides is 3. The molecule has 1 aliphatic heterocycles. The van der Waals surface area contributed by atoms with Crippen molar-refractivity contribution in [2.24, 2.45) is 5.10 Å². The molecule has 20 heteroatoms. The van der Waals surface area contributed by atoms with Crippen LogP contribution < -0.4 is 39.4 Å². The number of aromatic amines is 1. The van der Waals surface area contributed by atoms with E-state index in [2.05, 4.69) is 24.4 Å². The molecule has 0 radical (unpaired) electrons. The zero-order valence-electron chi connectivity index (χ0n) is 25.8. The van der Waals surface area contributed by atoms with Crippen molar-refractivity contribution in [3.8, 4) is 28.4 Å². The largest absolute Gasteiger partial charge is 1.00 e. The van der Waals surface area contributed by atoms with Crippen LogP contribution in [0, 0.1) is 11.6 Å². The number of carboxylic acids is 1. The van der Waals surface area contributed by atoms with Gasteiger partial charge in [0.2, 0.25) is 0 Å². The normalized spacial score (nSPS) is 14.2. The summed E-state index contributed by atoms with van der Waals surface area (Å²) in [4.78, 5) is 20.0. The molecule has 0 saturated carbocycles. The Hall–Kier alpha value is -3.88. The van der Waals surface area contributed by atoms with E-state index in [9.17, 15) is 40.3 Å². The van der Waals surface area contributed by atoms with Crippen LogP contribution in [-0.2, 0) is 37.6 Å². The fourth-order valence-electron chi connectivity index (χ4n) is 5.08. The molecule has 5 rings (SSSR count). The number of imidazole rings is 1. The molecule has 2 N–H and O–H groups in total. The molecule has 0 saturated heterocycles. The van der Waals surface area contributed by atoms with Crippen molar-refractivity contribution in [2.75, 3.05) is 13.2 Å². The minimum absolute atomic E-state index is 0. The average Bonchev–Trinajstić information content (AvgIpc) is 3.68.